The third kappa shape index (κ3) is 7.94. The van der Waals surface area contributed by atoms with Gasteiger partial charge in [-0.05, 0) is 76.4 Å². The van der Waals surface area contributed by atoms with Crippen LogP contribution in [0.25, 0.3) is 0 Å². The minimum Gasteiger partial charge on any atom is -0.317 e. The first-order valence-electron chi connectivity index (χ1n) is 8.81. The first-order chi connectivity index (χ1) is 9.38. The Morgan fingerprint density at radius 2 is 1.47 bits per heavy atom. The van der Waals surface area contributed by atoms with Crippen LogP contribution >= 0.6 is 0 Å². The van der Waals surface area contributed by atoms with Crippen molar-refractivity contribution in [3.05, 3.63) is 0 Å². The van der Waals surface area contributed by atoms with Crippen LogP contribution in [0.1, 0.15) is 64.7 Å². The van der Waals surface area contributed by atoms with E-state index in [0.29, 0.717) is 0 Å². The lowest BCUT2D eigenvalue weighted by Gasteiger charge is -2.22. The summed E-state index contributed by atoms with van der Waals surface area (Å²) in [6.45, 7) is 8.85. The fourth-order valence-electron chi connectivity index (χ4n) is 2.83. The molecule has 112 valence electrons. The van der Waals surface area contributed by atoms with E-state index < -0.39 is 0 Å². The van der Waals surface area contributed by atoms with E-state index in [2.05, 4.69) is 17.1 Å². The van der Waals surface area contributed by atoms with Crippen molar-refractivity contribution >= 4 is 0 Å². The van der Waals surface area contributed by atoms with Gasteiger partial charge in [0.1, 0.15) is 0 Å². The Hall–Kier alpha value is -0.0800. The summed E-state index contributed by atoms with van der Waals surface area (Å²) >= 11 is 0. The van der Waals surface area contributed by atoms with Gasteiger partial charge in [-0.2, -0.15) is 0 Å². The minimum absolute atomic E-state index is 1.07. The van der Waals surface area contributed by atoms with Crippen molar-refractivity contribution in [2.45, 2.75) is 64.7 Å². The molecule has 0 aromatic rings. The van der Waals surface area contributed by atoms with Gasteiger partial charge in [-0.1, -0.05) is 19.8 Å². The Morgan fingerprint density at radius 3 is 2.05 bits per heavy atom. The fraction of sp³-hybridized carbons (Fsp3) is 1.00. The Kier molecular flexibility index (Phi) is 7.23. The molecular formula is C17H34N2. The van der Waals surface area contributed by atoms with Gasteiger partial charge in [0.15, 0.2) is 0 Å². The summed E-state index contributed by atoms with van der Waals surface area (Å²) in [6, 6.07) is 0. The van der Waals surface area contributed by atoms with E-state index in [0.717, 1.165) is 11.8 Å². The van der Waals surface area contributed by atoms with Crippen LogP contribution in [0.15, 0.2) is 0 Å². The molecule has 2 fully saturated rings. The van der Waals surface area contributed by atoms with Gasteiger partial charge < -0.3 is 10.2 Å². The normalized spacial score (nSPS) is 19.3. The van der Waals surface area contributed by atoms with Gasteiger partial charge in [0.2, 0.25) is 0 Å². The molecule has 0 spiro atoms. The largest absolute Gasteiger partial charge is 0.317 e. The van der Waals surface area contributed by atoms with E-state index in [-0.39, 0.29) is 0 Å². The second-order valence-electron chi connectivity index (χ2n) is 6.81. The standard InChI is InChI=1S/C17H34N2/c1-2-11-18-12-5-3-4-6-13-19(14-16-7-8-16)15-17-9-10-17/h16-18H,2-15H2,1H3. The Bertz CT molecular complexity index is 207. The second kappa shape index (κ2) is 8.97. The number of hydrogen-bond acceptors (Lipinski definition) is 2. The van der Waals surface area contributed by atoms with Gasteiger partial charge in [0, 0.05) is 13.1 Å². The van der Waals surface area contributed by atoms with E-state index >= 15 is 0 Å². The molecule has 2 heteroatoms. The van der Waals surface area contributed by atoms with Gasteiger partial charge in [-0.3, -0.25) is 0 Å². The zero-order chi connectivity index (χ0) is 13.3. The van der Waals surface area contributed by atoms with E-state index in [9.17, 15) is 0 Å². The molecule has 2 nitrogen and oxygen atoms in total. The smallest absolute Gasteiger partial charge is 0.000978 e. The highest BCUT2D eigenvalue weighted by atomic mass is 15.1. The van der Waals surface area contributed by atoms with Crippen LogP contribution in [0.3, 0.4) is 0 Å². The SMILES string of the molecule is CCCNCCCCCCN(CC1CC1)CC1CC1. The monoisotopic (exact) mass is 266 g/mol. The molecule has 0 radical (unpaired) electrons. The number of unbranched alkanes of at least 4 members (excludes halogenated alkanes) is 3. The maximum absolute atomic E-state index is 3.49. The van der Waals surface area contributed by atoms with Crippen molar-refractivity contribution in [3.8, 4) is 0 Å². The highest BCUT2D eigenvalue weighted by Gasteiger charge is 2.28. The lowest BCUT2D eigenvalue weighted by atomic mass is 10.1. The summed E-state index contributed by atoms with van der Waals surface area (Å²) < 4.78 is 0. The predicted molar refractivity (Wildman–Crippen MR) is 83.5 cm³/mol. The van der Waals surface area contributed by atoms with Crippen molar-refractivity contribution in [1.82, 2.24) is 10.2 Å². The second-order valence-corrected chi connectivity index (χ2v) is 6.81. The van der Waals surface area contributed by atoms with Crippen LogP contribution in [-0.4, -0.2) is 37.6 Å². The summed E-state index contributed by atoms with van der Waals surface area (Å²) in [5, 5.41) is 3.49. The quantitative estimate of drug-likeness (QED) is 0.512. The van der Waals surface area contributed by atoms with E-state index in [1.807, 2.05) is 0 Å². The van der Waals surface area contributed by atoms with Crippen molar-refractivity contribution in [1.29, 1.82) is 0 Å². The van der Waals surface area contributed by atoms with E-state index in [4.69, 9.17) is 0 Å². The molecule has 0 saturated heterocycles. The van der Waals surface area contributed by atoms with Gasteiger partial charge in [-0.15, -0.1) is 0 Å². The van der Waals surface area contributed by atoms with E-state index in [1.54, 1.807) is 0 Å². The molecule has 2 rings (SSSR count). The highest BCUT2D eigenvalue weighted by molar-refractivity contribution is 4.82. The summed E-state index contributed by atoms with van der Waals surface area (Å²) in [5.41, 5.74) is 0. The number of hydrogen-bond donors (Lipinski definition) is 1. The number of rotatable bonds is 13. The molecule has 0 aromatic heterocycles. The average molecular weight is 266 g/mol. The Morgan fingerprint density at radius 1 is 0.842 bits per heavy atom. The highest BCUT2D eigenvalue weighted by Crippen LogP contribution is 2.33. The van der Waals surface area contributed by atoms with Crippen LogP contribution in [0.4, 0.5) is 0 Å². The molecule has 2 aliphatic carbocycles. The third-order valence-corrected chi connectivity index (χ3v) is 4.43. The van der Waals surface area contributed by atoms with Crippen molar-refractivity contribution in [2.75, 3.05) is 32.7 Å². The van der Waals surface area contributed by atoms with Gasteiger partial charge in [0.05, 0.1) is 0 Å². The maximum Gasteiger partial charge on any atom is 0.000978 e. The van der Waals surface area contributed by atoms with Gasteiger partial charge >= 0.3 is 0 Å². The first kappa shape index (κ1) is 15.3. The topological polar surface area (TPSA) is 15.3 Å². The predicted octanol–water partition coefficient (Wildman–Crippen LogP) is 3.67. The lowest BCUT2D eigenvalue weighted by Crippen LogP contribution is -2.29. The third-order valence-electron chi connectivity index (χ3n) is 4.43. The fourth-order valence-corrected chi connectivity index (χ4v) is 2.83. The van der Waals surface area contributed by atoms with Crippen LogP contribution in [0, 0.1) is 11.8 Å². The van der Waals surface area contributed by atoms with Crippen LogP contribution in [-0.2, 0) is 0 Å². The van der Waals surface area contributed by atoms with Gasteiger partial charge in [0.25, 0.3) is 0 Å². The van der Waals surface area contributed by atoms with Crippen molar-refractivity contribution < 1.29 is 0 Å². The van der Waals surface area contributed by atoms with Crippen molar-refractivity contribution in [3.63, 3.8) is 0 Å². The minimum atomic E-state index is 1.07. The molecule has 0 atom stereocenters. The van der Waals surface area contributed by atoms with Crippen molar-refractivity contribution in [2.24, 2.45) is 11.8 Å². The summed E-state index contributed by atoms with van der Waals surface area (Å²) in [4.78, 5) is 2.78. The summed E-state index contributed by atoms with van der Waals surface area (Å²) in [5.74, 6) is 2.13. The van der Waals surface area contributed by atoms with Crippen LogP contribution < -0.4 is 5.32 Å². The first-order valence-corrected chi connectivity index (χ1v) is 8.81. The van der Waals surface area contributed by atoms with Crippen LogP contribution in [0.2, 0.25) is 0 Å². The number of nitrogens with zero attached hydrogens (tertiary/aromatic N) is 1. The Balaban J connectivity index is 1.42. The average Bonchev–Trinajstić information content (AvgIpc) is 3.28. The maximum atomic E-state index is 3.49. The number of nitrogens with one attached hydrogen (secondary N) is 1. The molecule has 2 aliphatic rings. The molecule has 0 aromatic carbocycles. The van der Waals surface area contributed by atoms with Gasteiger partial charge in [-0.25, -0.2) is 0 Å². The molecule has 2 saturated carbocycles. The Labute approximate surface area is 120 Å². The van der Waals surface area contributed by atoms with E-state index in [1.165, 1.54) is 90.5 Å². The molecule has 19 heavy (non-hydrogen) atoms. The molecule has 0 amide bonds. The summed E-state index contributed by atoms with van der Waals surface area (Å²) in [7, 11) is 0. The molecule has 0 unspecified atom stereocenters. The molecular weight excluding hydrogens is 232 g/mol. The zero-order valence-electron chi connectivity index (χ0n) is 13.0. The molecule has 0 aliphatic heterocycles. The lowest BCUT2D eigenvalue weighted by molar-refractivity contribution is 0.246. The van der Waals surface area contributed by atoms with Crippen LogP contribution in [0.5, 0.6) is 0 Å². The summed E-state index contributed by atoms with van der Waals surface area (Å²) in [6.07, 6.45) is 12.9. The molecule has 1 N–H and O–H groups in total. The molecule has 0 heterocycles. The zero-order valence-corrected chi connectivity index (χ0v) is 13.0. The molecule has 0 bridgehead atoms.